The summed E-state index contributed by atoms with van der Waals surface area (Å²) in [7, 11) is -3.65. The zero-order valence-corrected chi connectivity index (χ0v) is 17.8. The quantitative estimate of drug-likeness (QED) is 0.677. The summed E-state index contributed by atoms with van der Waals surface area (Å²) in [4.78, 5) is 14.9. The minimum Gasteiger partial charge on any atom is -0.305 e. The average molecular weight is 421 g/mol. The van der Waals surface area contributed by atoms with Crippen molar-refractivity contribution in [1.29, 1.82) is 0 Å². The highest BCUT2D eigenvalue weighted by Gasteiger charge is 2.32. The molecule has 1 amide bonds. The predicted octanol–water partition coefficient (Wildman–Crippen LogP) is 4.06. The Morgan fingerprint density at radius 1 is 1.03 bits per heavy atom. The highest BCUT2D eigenvalue weighted by atomic mass is 32.2. The fraction of sp³-hybridized carbons (Fsp3) is 0.208. The Kier molecular flexibility index (Phi) is 5.45. The predicted molar refractivity (Wildman–Crippen MR) is 118 cm³/mol. The van der Waals surface area contributed by atoms with E-state index in [1.807, 2.05) is 56.3 Å². The van der Waals surface area contributed by atoms with Crippen LogP contribution >= 0.6 is 0 Å². The Bertz CT molecular complexity index is 1170. The second kappa shape index (κ2) is 8.05. The molecular weight excluding hydrogens is 396 g/mol. The van der Waals surface area contributed by atoms with E-state index in [0.717, 1.165) is 22.4 Å². The second-order valence-electron chi connectivity index (χ2n) is 7.69. The number of fused-ring (bicyclic) bond motifs is 1. The first kappa shape index (κ1) is 20.3. The van der Waals surface area contributed by atoms with Gasteiger partial charge in [0, 0.05) is 23.8 Å². The van der Waals surface area contributed by atoms with Crippen LogP contribution in [0.3, 0.4) is 0 Å². The molecule has 30 heavy (non-hydrogen) atoms. The molecule has 1 heterocycles. The molecule has 1 N–H and O–H groups in total. The van der Waals surface area contributed by atoms with Gasteiger partial charge in [0.15, 0.2) is 0 Å². The number of sulfonamides is 1. The van der Waals surface area contributed by atoms with E-state index in [1.54, 1.807) is 35.2 Å². The van der Waals surface area contributed by atoms with E-state index in [1.165, 1.54) is 0 Å². The Balaban J connectivity index is 1.56. The Labute approximate surface area is 177 Å². The first-order valence-corrected chi connectivity index (χ1v) is 11.4. The molecule has 0 fully saturated rings. The smallest absolute Gasteiger partial charge is 0.258 e. The van der Waals surface area contributed by atoms with E-state index in [9.17, 15) is 13.2 Å². The van der Waals surface area contributed by atoms with E-state index < -0.39 is 10.0 Å². The van der Waals surface area contributed by atoms with Gasteiger partial charge < -0.3 is 4.90 Å². The Morgan fingerprint density at radius 2 is 1.73 bits per heavy atom. The van der Waals surface area contributed by atoms with Crippen molar-refractivity contribution in [3.63, 3.8) is 0 Å². The molecule has 0 saturated carbocycles. The molecular formula is C24H24N2O3S. The second-order valence-corrected chi connectivity index (χ2v) is 9.46. The Morgan fingerprint density at radius 3 is 2.43 bits per heavy atom. The van der Waals surface area contributed by atoms with E-state index in [0.29, 0.717) is 12.0 Å². The fourth-order valence-corrected chi connectivity index (χ4v) is 4.84. The van der Waals surface area contributed by atoms with E-state index >= 15 is 0 Å². The standard InChI is InChI=1S/C24H24N2O3S/c1-17-8-10-19(11-9-17)16-25-30(28,29)22-12-13-23-21(15-22)14-18(2)26(23)24(27)20-6-4-3-5-7-20/h3-13,15,18,25H,14,16H2,1-2H3/t18-/m1/s1. The maximum absolute atomic E-state index is 13.0. The van der Waals surface area contributed by atoms with Crippen LogP contribution in [0.25, 0.3) is 0 Å². The summed E-state index contributed by atoms with van der Waals surface area (Å²) < 4.78 is 28.3. The van der Waals surface area contributed by atoms with E-state index in [2.05, 4.69) is 4.72 Å². The van der Waals surface area contributed by atoms with E-state index in [4.69, 9.17) is 0 Å². The molecule has 1 aliphatic heterocycles. The van der Waals surface area contributed by atoms with Crippen LogP contribution < -0.4 is 9.62 Å². The Hall–Kier alpha value is -2.96. The number of carbonyl (C=O) groups excluding carboxylic acids is 1. The van der Waals surface area contributed by atoms with Crippen molar-refractivity contribution >= 4 is 21.6 Å². The van der Waals surface area contributed by atoms with Crippen LogP contribution in [0.5, 0.6) is 0 Å². The molecule has 0 saturated heterocycles. The molecule has 5 nitrogen and oxygen atoms in total. The monoisotopic (exact) mass is 420 g/mol. The lowest BCUT2D eigenvalue weighted by Crippen LogP contribution is -2.35. The molecule has 3 aromatic rings. The van der Waals surface area contributed by atoms with Gasteiger partial charge in [-0.05, 0) is 61.7 Å². The van der Waals surface area contributed by atoms with Crippen molar-refractivity contribution in [1.82, 2.24) is 4.72 Å². The number of amides is 1. The summed E-state index contributed by atoms with van der Waals surface area (Å²) >= 11 is 0. The molecule has 0 aliphatic carbocycles. The molecule has 154 valence electrons. The molecule has 0 bridgehead atoms. The lowest BCUT2D eigenvalue weighted by molar-refractivity contribution is 0.0981. The third-order valence-electron chi connectivity index (χ3n) is 5.40. The van der Waals surface area contributed by atoms with Crippen LogP contribution in [0.4, 0.5) is 5.69 Å². The third kappa shape index (κ3) is 4.01. The zero-order chi connectivity index (χ0) is 21.3. The fourth-order valence-electron chi connectivity index (χ4n) is 3.77. The van der Waals surface area contributed by atoms with Crippen LogP contribution in [-0.4, -0.2) is 20.4 Å². The van der Waals surface area contributed by atoms with Crippen molar-refractivity contribution in [2.75, 3.05) is 4.90 Å². The minimum absolute atomic E-state index is 0.0359. The van der Waals surface area contributed by atoms with Gasteiger partial charge in [-0.2, -0.15) is 0 Å². The summed E-state index contributed by atoms with van der Waals surface area (Å²) in [5.41, 5.74) is 4.29. The molecule has 0 aromatic heterocycles. The van der Waals surface area contributed by atoms with Crippen molar-refractivity contribution in [3.05, 3.63) is 95.1 Å². The van der Waals surface area contributed by atoms with Gasteiger partial charge in [0.2, 0.25) is 10.0 Å². The lowest BCUT2D eigenvalue weighted by atomic mass is 10.1. The van der Waals surface area contributed by atoms with Gasteiger partial charge in [0.25, 0.3) is 5.91 Å². The van der Waals surface area contributed by atoms with Crippen LogP contribution in [0.15, 0.2) is 77.7 Å². The van der Waals surface area contributed by atoms with E-state index in [-0.39, 0.29) is 23.4 Å². The summed E-state index contributed by atoms with van der Waals surface area (Å²) in [5.74, 6) is -0.0741. The molecule has 0 unspecified atom stereocenters. The number of hydrogen-bond acceptors (Lipinski definition) is 3. The van der Waals surface area contributed by atoms with Crippen LogP contribution in [0.2, 0.25) is 0 Å². The number of aryl methyl sites for hydroxylation is 1. The first-order valence-electron chi connectivity index (χ1n) is 9.92. The number of anilines is 1. The summed E-state index contributed by atoms with van der Waals surface area (Å²) in [5, 5.41) is 0. The third-order valence-corrected chi connectivity index (χ3v) is 6.80. The van der Waals surface area contributed by atoms with Crippen LogP contribution in [0, 0.1) is 6.92 Å². The normalized spacial score (nSPS) is 15.8. The number of benzene rings is 3. The molecule has 1 atom stereocenters. The van der Waals surface area contributed by atoms with Crippen LogP contribution in [-0.2, 0) is 23.0 Å². The van der Waals surface area contributed by atoms with Gasteiger partial charge in [0.05, 0.1) is 4.90 Å². The van der Waals surface area contributed by atoms with Gasteiger partial charge in [-0.1, -0.05) is 48.0 Å². The first-order chi connectivity index (χ1) is 14.3. The summed E-state index contributed by atoms with van der Waals surface area (Å²) in [6.07, 6.45) is 0.620. The highest BCUT2D eigenvalue weighted by Crippen LogP contribution is 2.35. The van der Waals surface area contributed by atoms with Gasteiger partial charge in [-0.3, -0.25) is 4.79 Å². The van der Waals surface area contributed by atoms with Crippen LogP contribution in [0.1, 0.15) is 34.0 Å². The maximum atomic E-state index is 13.0. The SMILES string of the molecule is Cc1ccc(CNS(=O)(=O)c2ccc3c(c2)C[C@@H](C)N3C(=O)c2ccccc2)cc1. The molecule has 6 heteroatoms. The topological polar surface area (TPSA) is 66.5 Å². The number of nitrogens with one attached hydrogen (secondary N) is 1. The van der Waals surface area contributed by atoms with Gasteiger partial charge in [-0.25, -0.2) is 13.1 Å². The largest absolute Gasteiger partial charge is 0.305 e. The molecule has 1 aliphatic rings. The van der Waals surface area contributed by atoms with Crippen molar-refractivity contribution < 1.29 is 13.2 Å². The average Bonchev–Trinajstić information content (AvgIpc) is 3.08. The number of hydrogen-bond donors (Lipinski definition) is 1. The molecule has 0 radical (unpaired) electrons. The minimum atomic E-state index is -3.65. The molecule has 0 spiro atoms. The van der Waals surface area contributed by atoms with Gasteiger partial charge >= 0.3 is 0 Å². The number of nitrogens with zero attached hydrogens (tertiary/aromatic N) is 1. The highest BCUT2D eigenvalue weighted by molar-refractivity contribution is 7.89. The van der Waals surface area contributed by atoms with Crippen molar-refractivity contribution in [2.45, 2.75) is 37.8 Å². The summed E-state index contributed by atoms with van der Waals surface area (Å²) in [6, 6.07) is 21.8. The number of carbonyl (C=O) groups is 1. The van der Waals surface area contributed by atoms with Gasteiger partial charge in [0.1, 0.15) is 0 Å². The summed E-state index contributed by atoms with van der Waals surface area (Å²) in [6.45, 7) is 4.20. The van der Waals surface area contributed by atoms with Crippen molar-refractivity contribution in [3.8, 4) is 0 Å². The zero-order valence-electron chi connectivity index (χ0n) is 17.0. The maximum Gasteiger partial charge on any atom is 0.258 e. The number of rotatable bonds is 5. The van der Waals surface area contributed by atoms with Gasteiger partial charge in [-0.15, -0.1) is 0 Å². The lowest BCUT2D eigenvalue weighted by Gasteiger charge is -2.23. The van der Waals surface area contributed by atoms with Crippen molar-refractivity contribution in [2.24, 2.45) is 0 Å². The molecule has 3 aromatic carbocycles. The molecule has 4 rings (SSSR count).